The van der Waals surface area contributed by atoms with Crippen molar-refractivity contribution in [3.8, 4) is 5.75 Å². The second-order valence-electron chi connectivity index (χ2n) is 4.68. The van der Waals surface area contributed by atoms with Crippen molar-refractivity contribution in [2.45, 2.75) is 6.92 Å². The van der Waals surface area contributed by atoms with Crippen LogP contribution in [0.15, 0.2) is 66.7 Å². The zero-order valence-corrected chi connectivity index (χ0v) is 12.2. The molecule has 3 heteroatoms. The standard InChI is InChI=1S/C19H16O3/c1-15(20)7-8-17-9-12-18(13-10-17)22-19(21)14-11-16-5-3-2-4-6-16/h2-14H,1H3/b8-7-,14-11-. The van der Waals surface area contributed by atoms with Crippen LogP contribution in [0.25, 0.3) is 12.2 Å². The van der Waals surface area contributed by atoms with Gasteiger partial charge in [0.05, 0.1) is 0 Å². The molecule has 0 bridgehead atoms. The highest BCUT2D eigenvalue weighted by molar-refractivity contribution is 5.91. The summed E-state index contributed by atoms with van der Waals surface area (Å²) in [5.41, 5.74) is 1.80. The monoisotopic (exact) mass is 292 g/mol. The zero-order chi connectivity index (χ0) is 15.8. The number of carbonyl (C=O) groups excluding carboxylic acids is 2. The van der Waals surface area contributed by atoms with Gasteiger partial charge < -0.3 is 4.74 Å². The summed E-state index contributed by atoms with van der Waals surface area (Å²) in [5.74, 6) is 0.0140. The van der Waals surface area contributed by atoms with E-state index in [1.807, 2.05) is 30.3 Å². The largest absolute Gasteiger partial charge is 0.423 e. The highest BCUT2D eigenvalue weighted by Crippen LogP contribution is 2.14. The van der Waals surface area contributed by atoms with Crippen molar-refractivity contribution in [3.05, 3.63) is 77.9 Å². The van der Waals surface area contributed by atoms with Gasteiger partial charge in [-0.3, -0.25) is 4.79 Å². The van der Waals surface area contributed by atoms with Gasteiger partial charge in [-0.25, -0.2) is 4.79 Å². The molecular weight excluding hydrogens is 276 g/mol. The molecule has 0 aliphatic heterocycles. The number of hydrogen-bond acceptors (Lipinski definition) is 3. The molecule has 0 fully saturated rings. The first-order valence-electron chi connectivity index (χ1n) is 6.87. The molecule has 0 saturated heterocycles. The number of carbonyl (C=O) groups is 2. The van der Waals surface area contributed by atoms with Crippen LogP contribution in [0.5, 0.6) is 5.75 Å². The SMILES string of the molecule is CC(=O)/C=C\c1ccc(OC(=O)/C=C\c2ccccc2)cc1. The summed E-state index contributed by atoms with van der Waals surface area (Å²) in [6.45, 7) is 1.49. The van der Waals surface area contributed by atoms with Gasteiger partial charge in [-0.05, 0) is 42.3 Å². The van der Waals surface area contributed by atoms with E-state index in [4.69, 9.17) is 4.74 Å². The first-order chi connectivity index (χ1) is 10.6. The molecule has 3 nitrogen and oxygen atoms in total. The average Bonchev–Trinajstić information content (AvgIpc) is 2.53. The van der Waals surface area contributed by atoms with Crippen LogP contribution in [0.3, 0.4) is 0 Å². The lowest BCUT2D eigenvalue weighted by molar-refractivity contribution is -0.128. The minimum Gasteiger partial charge on any atom is -0.423 e. The molecule has 0 aliphatic carbocycles. The van der Waals surface area contributed by atoms with E-state index in [1.165, 1.54) is 19.1 Å². The summed E-state index contributed by atoms with van der Waals surface area (Å²) in [4.78, 5) is 22.6. The van der Waals surface area contributed by atoms with Gasteiger partial charge in [0, 0.05) is 6.08 Å². The van der Waals surface area contributed by atoms with Gasteiger partial charge >= 0.3 is 5.97 Å². The molecule has 110 valence electrons. The van der Waals surface area contributed by atoms with Crippen LogP contribution in [-0.4, -0.2) is 11.8 Å². The summed E-state index contributed by atoms with van der Waals surface area (Å²) in [6.07, 6.45) is 6.29. The Balaban J connectivity index is 1.94. The van der Waals surface area contributed by atoms with Gasteiger partial charge in [0.1, 0.15) is 5.75 Å². The van der Waals surface area contributed by atoms with Gasteiger partial charge in [0.2, 0.25) is 0 Å². The second kappa shape index (κ2) is 7.74. The maximum absolute atomic E-state index is 11.7. The van der Waals surface area contributed by atoms with Crippen LogP contribution < -0.4 is 4.74 Å². The summed E-state index contributed by atoms with van der Waals surface area (Å²) in [6, 6.07) is 16.5. The third-order valence-corrected chi connectivity index (χ3v) is 2.82. The first kappa shape index (κ1) is 15.4. The normalized spacial score (nSPS) is 11.0. The number of allylic oxidation sites excluding steroid dienone is 1. The number of esters is 1. The fraction of sp³-hybridized carbons (Fsp3) is 0.0526. The molecule has 0 N–H and O–H groups in total. The lowest BCUT2D eigenvalue weighted by atomic mass is 10.2. The zero-order valence-electron chi connectivity index (χ0n) is 12.2. The van der Waals surface area contributed by atoms with E-state index in [2.05, 4.69) is 0 Å². The van der Waals surface area contributed by atoms with E-state index in [-0.39, 0.29) is 5.78 Å². The first-order valence-corrected chi connectivity index (χ1v) is 6.87. The Labute approximate surface area is 129 Å². The Kier molecular flexibility index (Phi) is 5.44. The Morgan fingerprint density at radius 2 is 1.41 bits per heavy atom. The van der Waals surface area contributed by atoms with Crippen LogP contribution in [0.1, 0.15) is 18.1 Å². The molecule has 2 rings (SSSR count). The van der Waals surface area contributed by atoms with Crippen molar-refractivity contribution in [1.82, 2.24) is 0 Å². The Hall–Kier alpha value is -2.94. The molecule has 0 spiro atoms. The van der Waals surface area contributed by atoms with Crippen molar-refractivity contribution in [3.63, 3.8) is 0 Å². The highest BCUT2D eigenvalue weighted by atomic mass is 16.5. The van der Waals surface area contributed by atoms with Crippen LogP contribution in [0.4, 0.5) is 0 Å². The molecular formula is C19H16O3. The minimum absolute atomic E-state index is 0.0125. The predicted molar refractivity (Wildman–Crippen MR) is 87.3 cm³/mol. The van der Waals surface area contributed by atoms with Crippen molar-refractivity contribution in [2.24, 2.45) is 0 Å². The molecule has 0 unspecified atom stereocenters. The quantitative estimate of drug-likeness (QED) is 0.477. The number of ether oxygens (including phenoxy) is 1. The lowest BCUT2D eigenvalue weighted by Crippen LogP contribution is -2.03. The van der Waals surface area contributed by atoms with E-state index in [0.717, 1.165) is 11.1 Å². The predicted octanol–water partition coefficient (Wildman–Crippen LogP) is 3.91. The minimum atomic E-state index is -0.434. The third kappa shape index (κ3) is 5.21. The van der Waals surface area contributed by atoms with E-state index in [0.29, 0.717) is 5.75 Å². The lowest BCUT2D eigenvalue weighted by Gasteiger charge is -2.01. The molecule has 0 amide bonds. The molecule has 2 aromatic carbocycles. The van der Waals surface area contributed by atoms with E-state index in [1.54, 1.807) is 36.4 Å². The van der Waals surface area contributed by atoms with Gasteiger partial charge in [-0.1, -0.05) is 48.5 Å². The van der Waals surface area contributed by atoms with Crippen LogP contribution in [-0.2, 0) is 9.59 Å². The van der Waals surface area contributed by atoms with E-state index >= 15 is 0 Å². The van der Waals surface area contributed by atoms with E-state index in [9.17, 15) is 9.59 Å². The van der Waals surface area contributed by atoms with Crippen LogP contribution >= 0.6 is 0 Å². The summed E-state index contributed by atoms with van der Waals surface area (Å²) >= 11 is 0. The van der Waals surface area contributed by atoms with Crippen LogP contribution in [0.2, 0.25) is 0 Å². The van der Waals surface area contributed by atoms with Crippen LogP contribution in [0, 0.1) is 0 Å². The molecule has 22 heavy (non-hydrogen) atoms. The second-order valence-corrected chi connectivity index (χ2v) is 4.68. The maximum atomic E-state index is 11.7. The summed E-state index contributed by atoms with van der Waals surface area (Å²) < 4.78 is 5.20. The Morgan fingerprint density at radius 1 is 0.818 bits per heavy atom. The smallest absolute Gasteiger partial charge is 0.336 e. The molecule has 0 aromatic heterocycles. The van der Waals surface area contributed by atoms with E-state index < -0.39 is 5.97 Å². The van der Waals surface area contributed by atoms with Gasteiger partial charge in [0.15, 0.2) is 5.78 Å². The number of hydrogen-bond donors (Lipinski definition) is 0. The van der Waals surface area contributed by atoms with Crippen molar-refractivity contribution < 1.29 is 14.3 Å². The van der Waals surface area contributed by atoms with Gasteiger partial charge in [0.25, 0.3) is 0 Å². The average molecular weight is 292 g/mol. The molecule has 2 aromatic rings. The molecule has 0 radical (unpaired) electrons. The van der Waals surface area contributed by atoms with Gasteiger partial charge in [-0.2, -0.15) is 0 Å². The topological polar surface area (TPSA) is 43.4 Å². The Morgan fingerprint density at radius 3 is 2.05 bits per heavy atom. The Bertz CT molecular complexity index is 695. The molecule has 0 atom stereocenters. The number of benzene rings is 2. The molecule has 0 aliphatic rings. The number of ketones is 1. The summed E-state index contributed by atoms with van der Waals surface area (Å²) in [5, 5.41) is 0. The van der Waals surface area contributed by atoms with Crippen molar-refractivity contribution in [2.75, 3.05) is 0 Å². The number of rotatable bonds is 5. The third-order valence-electron chi connectivity index (χ3n) is 2.82. The molecule has 0 saturated carbocycles. The van der Waals surface area contributed by atoms with Crippen molar-refractivity contribution >= 4 is 23.9 Å². The maximum Gasteiger partial charge on any atom is 0.336 e. The van der Waals surface area contributed by atoms with Gasteiger partial charge in [-0.15, -0.1) is 0 Å². The van der Waals surface area contributed by atoms with Crippen molar-refractivity contribution in [1.29, 1.82) is 0 Å². The fourth-order valence-corrected chi connectivity index (χ4v) is 1.74. The highest BCUT2D eigenvalue weighted by Gasteiger charge is 2.00. The summed E-state index contributed by atoms with van der Waals surface area (Å²) in [7, 11) is 0. The molecule has 0 heterocycles. The fourth-order valence-electron chi connectivity index (χ4n) is 1.74.